The van der Waals surface area contributed by atoms with Gasteiger partial charge in [0, 0.05) is 24.8 Å². The third kappa shape index (κ3) is 4.28. The van der Waals surface area contributed by atoms with E-state index in [0.717, 1.165) is 19.3 Å². The van der Waals surface area contributed by atoms with Crippen molar-refractivity contribution in [1.82, 2.24) is 0 Å². The molecule has 0 aromatic heterocycles. The van der Waals surface area contributed by atoms with Crippen LogP contribution in [0.4, 0.5) is 5.69 Å². The molecule has 0 amide bonds. The molecule has 0 saturated carbocycles. The standard InChI is InChI=1S/C13H19NO5S/c1-18-13-7-10(6-11(15)8-13)14-20(16,17)9-12-4-2-3-5-19-12/h6-8,12,14-15H,2-5,9H2,1H3. The van der Waals surface area contributed by atoms with Crippen LogP contribution in [0.1, 0.15) is 19.3 Å². The van der Waals surface area contributed by atoms with Gasteiger partial charge in [0.1, 0.15) is 11.5 Å². The molecule has 1 unspecified atom stereocenters. The van der Waals surface area contributed by atoms with Crippen LogP contribution in [0.15, 0.2) is 18.2 Å². The fraction of sp³-hybridized carbons (Fsp3) is 0.538. The number of phenolic OH excluding ortho intramolecular Hbond substituents is 1. The minimum atomic E-state index is -3.52. The van der Waals surface area contributed by atoms with E-state index in [9.17, 15) is 13.5 Å². The number of nitrogens with one attached hydrogen (secondary N) is 1. The highest BCUT2D eigenvalue weighted by atomic mass is 32.2. The van der Waals surface area contributed by atoms with Crippen molar-refractivity contribution in [1.29, 1.82) is 0 Å². The van der Waals surface area contributed by atoms with E-state index in [1.54, 1.807) is 0 Å². The predicted molar refractivity (Wildman–Crippen MR) is 75.7 cm³/mol. The van der Waals surface area contributed by atoms with E-state index in [2.05, 4.69) is 4.72 Å². The van der Waals surface area contributed by atoms with Crippen molar-refractivity contribution < 1.29 is 23.0 Å². The zero-order valence-corrected chi connectivity index (χ0v) is 12.1. The molecule has 112 valence electrons. The summed E-state index contributed by atoms with van der Waals surface area (Å²) in [4.78, 5) is 0. The molecular formula is C13H19NO5S. The molecule has 0 spiro atoms. The van der Waals surface area contributed by atoms with Crippen molar-refractivity contribution in [3.8, 4) is 11.5 Å². The lowest BCUT2D eigenvalue weighted by atomic mass is 10.1. The first-order valence-corrected chi connectivity index (χ1v) is 8.14. The number of phenols is 1. The maximum atomic E-state index is 12.1. The molecule has 1 aromatic carbocycles. The SMILES string of the molecule is COc1cc(O)cc(NS(=O)(=O)CC2CCCCO2)c1. The van der Waals surface area contributed by atoms with Gasteiger partial charge in [0.15, 0.2) is 0 Å². The van der Waals surface area contributed by atoms with E-state index in [1.165, 1.54) is 25.3 Å². The number of sulfonamides is 1. The Hall–Kier alpha value is -1.47. The number of hydrogen-bond acceptors (Lipinski definition) is 5. The van der Waals surface area contributed by atoms with E-state index in [0.29, 0.717) is 12.4 Å². The third-order valence-corrected chi connectivity index (χ3v) is 4.44. The summed E-state index contributed by atoms with van der Waals surface area (Å²) in [6, 6.07) is 4.25. The van der Waals surface area contributed by atoms with Crippen LogP contribution < -0.4 is 9.46 Å². The second-order valence-corrected chi connectivity index (χ2v) is 6.56. The second-order valence-electron chi connectivity index (χ2n) is 4.79. The molecule has 1 atom stereocenters. The number of methoxy groups -OCH3 is 1. The zero-order chi connectivity index (χ0) is 14.6. The summed E-state index contributed by atoms with van der Waals surface area (Å²) in [5.74, 6) is 0.248. The molecular weight excluding hydrogens is 282 g/mol. The largest absolute Gasteiger partial charge is 0.508 e. The average Bonchev–Trinajstić information content (AvgIpc) is 2.37. The molecule has 1 aliphatic rings. The van der Waals surface area contributed by atoms with E-state index in [1.807, 2.05) is 0 Å². The predicted octanol–water partition coefficient (Wildman–Crippen LogP) is 1.71. The quantitative estimate of drug-likeness (QED) is 0.865. The van der Waals surface area contributed by atoms with Gasteiger partial charge in [0.2, 0.25) is 10.0 Å². The van der Waals surface area contributed by atoms with Gasteiger partial charge >= 0.3 is 0 Å². The second kappa shape index (κ2) is 6.32. The zero-order valence-electron chi connectivity index (χ0n) is 11.3. The van der Waals surface area contributed by atoms with Crippen LogP contribution >= 0.6 is 0 Å². The monoisotopic (exact) mass is 301 g/mol. The Bertz CT molecular complexity index is 552. The highest BCUT2D eigenvalue weighted by Gasteiger charge is 2.22. The van der Waals surface area contributed by atoms with Crippen LogP contribution in [-0.2, 0) is 14.8 Å². The van der Waals surface area contributed by atoms with Crippen molar-refractivity contribution >= 4 is 15.7 Å². The number of rotatable bonds is 5. The average molecular weight is 301 g/mol. The molecule has 1 saturated heterocycles. The lowest BCUT2D eigenvalue weighted by Crippen LogP contribution is -2.30. The first-order chi connectivity index (χ1) is 9.48. The van der Waals surface area contributed by atoms with Gasteiger partial charge < -0.3 is 14.6 Å². The molecule has 6 nitrogen and oxygen atoms in total. The van der Waals surface area contributed by atoms with E-state index in [-0.39, 0.29) is 23.3 Å². The van der Waals surface area contributed by atoms with E-state index < -0.39 is 10.0 Å². The molecule has 7 heteroatoms. The lowest BCUT2D eigenvalue weighted by Gasteiger charge is -2.22. The summed E-state index contributed by atoms with van der Waals surface area (Å²) >= 11 is 0. The third-order valence-electron chi connectivity index (χ3n) is 3.08. The van der Waals surface area contributed by atoms with Crippen molar-refractivity contribution in [3.63, 3.8) is 0 Å². The van der Waals surface area contributed by atoms with E-state index >= 15 is 0 Å². The smallest absolute Gasteiger partial charge is 0.235 e. The maximum absolute atomic E-state index is 12.1. The number of hydrogen-bond donors (Lipinski definition) is 2. The number of benzene rings is 1. The molecule has 0 bridgehead atoms. The van der Waals surface area contributed by atoms with Crippen LogP contribution in [0, 0.1) is 0 Å². The van der Waals surface area contributed by atoms with Gasteiger partial charge in [-0.15, -0.1) is 0 Å². The van der Waals surface area contributed by atoms with Gasteiger partial charge in [-0.3, -0.25) is 4.72 Å². The van der Waals surface area contributed by atoms with Crippen molar-refractivity contribution in [2.75, 3.05) is 24.2 Å². The first kappa shape index (κ1) is 14.9. The lowest BCUT2D eigenvalue weighted by molar-refractivity contribution is 0.0306. The molecule has 1 fully saturated rings. The Balaban J connectivity index is 2.05. The highest BCUT2D eigenvalue weighted by Crippen LogP contribution is 2.26. The fourth-order valence-electron chi connectivity index (χ4n) is 2.16. The molecule has 1 aliphatic heterocycles. The Morgan fingerprint density at radius 2 is 2.20 bits per heavy atom. The van der Waals surface area contributed by atoms with Crippen molar-refractivity contribution in [2.24, 2.45) is 0 Å². The van der Waals surface area contributed by atoms with E-state index in [4.69, 9.17) is 9.47 Å². The van der Waals surface area contributed by atoms with Crippen LogP contribution in [0.5, 0.6) is 11.5 Å². The molecule has 2 rings (SSSR count). The van der Waals surface area contributed by atoms with Crippen molar-refractivity contribution in [2.45, 2.75) is 25.4 Å². The summed E-state index contributed by atoms with van der Waals surface area (Å²) in [7, 11) is -2.07. The van der Waals surface area contributed by atoms with Crippen LogP contribution in [-0.4, -0.2) is 39.1 Å². The number of ether oxygens (including phenoxy) is 2. The Kier molecular flexibility index (Phi) is 4.72. The topological polar surface area (TPSA) is 84.9 Å². The molecule has 1 heterocycles. The van der Waals surface area contributed by atoms with Gasteiger partial charge in [-0.05, 0) is 19.3 Å². The molecule has 0 aliphatic carbocycles. The van der Waals surface area contributed by atoms with Gasteiger partial charge in [-0.25, -0.2) is 8.42 Å². The molecule has 1 aromatic rings. The molecule has 2 N–H and O–H groups in total. The van der Waals surface area contributed by atoms with Crippen LogP contribution in [0.3, 0.4) is 0 Å². The number of anilines is 1. The summed E-state index contributed by atoms with van der Waals surface area (Å²) in [5, 5.41) is 9.50. The van der Waals surface area contributed by atoms with Gasteiger partial charge in [0.05, 0.1) is 24.7 Å². The first-order valence-electron chi connectivity index (χ1n) is 6.49. The number of aromatic hydroxyl groups is 1. The van der Waals surface area contributed by atoms with Gasteiger partial charge in [0.25, 0.3) is 0 Å². The normalized spacial score (nSPS) is 19.6. The Morgan fingerprint density at radius 1 is 1.40 bits per heavy atom. The van der Waals surface area contributed by atoms with Crippen LogP contribution in [0.2, 0.25) is 0 Å². The summed E-state index contributed by atoms with van der Waals surface area (Å²) in [6.45, 7) is 0.611. The fourth-order valence-corrected chi connectivity index (χ4v) is 3.48. The van der Waals surface area contributed by atoms with Crippen LogP contribution in [0.25, 0.3) is 0 Å². The molecule has 0 radical (unpaired) electrons. The van der Waals surface area contributed by atoms with Gasteiger partial charge in [-0.1, -0.05) is 0 Å². The maximum Gasteiger partial charge on any atom is 0.235 e. The summed E-state index contributed by atoms with van der Waals surface area (Å²) in [5.41, 5.74) is 0.276. The summed E-state index contributed by atoms with van der Waals surface area (Å²) in [6.07, 6.45) is 2.46. The van der Waals surface area contributed by atoms with Gasteiger partial charge in [-0.2, -0.15) is 0 Å². The molecule has 20 heavy (non-hydrogen) atoms. The summed E-state index contributed by atoms with van der Waals surface area (Å²) < 4.78 is 37.0. The highest BCUT2D eigenvalue weighted by molar-refractivity contribution is 7.92. The van der Waals surface area contributed by atoms with Crippen molar-refractivity contribution in [3.05, 3.63) is 18.2 Å². The Morgan fingerprint density at radius 3 is 2.85 bits per heavy atom. The Labute approximate surface area is 118 Å². The minimum absolute atomic E-state index is 0.0593. The minimum Gasteiger partial charge on any atom is -0.508 e.